The summed E-state index contributed by atoms with van der Waals surface area (Å²) < 4.78 is 18.0. The maximum Gasteiger partial charge on any atom is 0.257 e. The molecule has 1 amide bonds. The van der Waals surface area contributed by atoms with E-state index in [-0.39, 0.29) is 11.6 Å². The molecule has 1 aliphatic carbocycles. The van der Waals surface area contributed by atoms with Crippen molar-refractivity contribution in [1.82, 2.24) is 24.5 Å². The number of rotatable bonds is 5. The van der Waals surface area contributed by atoms with Gasteiger partial charge in [-0.1, -0.05) is 0 Å². The summed E-state index contributed by atoms with van der Waals surface area (Å²) in [6.07, 6.45) is 8.03. The molecule has 0 radical (unpaired) electrons. The fraction of sp³-hybridized carbons (Fsp3) is 0.400. The quantitative estimate of drug-likeness (QED) is 0.475. The Morgan fingerprint density at radius 2 is 2.12 bits per heavy atom. The van der Waals surface area contributed by atoms with Crippen molar-refractivity contribution in [3.8, 4) is 0 Å². The van der Waals surface area contributed by atoms with E-state index in [1.54, 1.807) is 23.7 Å². The van der Waals surface area contributed by atoms with Gasteiger partial charge >= 0.3 is 0 Å². The number of fused-ring (bicyclic) bond motifs is 2. The van der Waals surface area contributed by atoms with Crippen LogP contribution in [-0.4, -0.2) is 50.7 Å². The average Bonchev–Trinajstić information content (AvgIpc) is 3.47. The van der Waals surface area contributed by atoms with E-state index in [2.05, 4.69) is 20.5 Å². The molecule has 34 heavy (non-hydrogen) atoms. The number of anilines is 2. The molecule has 1 aromatic carbocycles. The molecule has 1 atom stereocenters. The van der Waals surface area contributed by atoms with Gasteiger partial charge < -0.3 is 19.9 Å². The minimum atomic E-state index is -0.481. The van der Waals surface area contributed by atoms with E-state index in [0.29, 0.717) is 35.0 Å². The van der Waals surface area contributed by atoms with E-state index in [1.807, 2.05) is 29.9 Å². The van der Waals surface area contributed by atoms with Crippen molar-refractivity contribution < 1.29 is 9.18 Å². The fourth-order valence-corrected chi connectivity index (χ4v) is 5.02. The van der Waals surface area contributed by atoms with Crippen molar-refractivity contribution in [1.29, 1.82) is 0 Å². The third-order valence-corrected chi connectivity index (χ3v) is 6.89. The average molecular weight is 462 g/mol. The summed E-state index contributed by atoms with van der Waals surface area (Å²) in [7, 11) is 0. The zero-order chi connectivity index (χ0) is 23.4. The standard InChI is InChI=1S/C25H28FN7O/c1-3-33-13-19-22(31-9-8-27-21(14-31)16-4-5-16)7-6-18(23(19)30-33)25(34)29-17-10-20(26)24-28-15(2)11-32(24)12-17/h6-7,10-13,16,21,27H,3-5,8-9,14H2,1-2H3,(H,29,34)/t21-/m1/s1. The van der Waals surface area contributed by atoms with Gasteiger partial charge in [-0.15, -0.1) is 0 Å². The van der Waals surface area contributed by atoms with E-state index < -0.39 is 5.82 Å². The van der Waals surface area contributed by atoms with Crippen LogP contribution in [-0.2, 0) is 6.54 Å². The lowest BCUT2D eigenvalue weighted by atomic mass is 10.1. The van der Waals surface area contributed by atoms with Crippen molar-refractivity contribution in [2.24, 2.45) is 5.92 Å². The van der Waals surface area contributed by atoms with Gasteiger partial charge in [0.1, 0.15) is 5.52 Å². The minimum absolute atomic E-state index is 0.240. The number of carbonyl (C=O) groups is 1. The van der Waals surface area contributed by atoms with Crippen LogP contribution in [0.25, 0.3) is 16.6 Å². The molecule has 2 fully saturated rings. The number of nitrogens with zero attached hydrogens (tertiary/aromatic N) is 5. The number of aromatic nitrogens is 4. The van der Waals surface area contributed by atoms with Crippen molar-refractivity contribution in [3.05, 3.63) is 53.9 Å². The SMILES string of the molecule is CCn1cc2c(N3CCN[C@@H](C4CC4)C3)ccc(C(=O)Nc3cc(F)c4nc(C)cn4c3)c2n1. The number of nitrogens with one attached hydrogen (secondary N) is 2. The second kappa shape index (κ2) is 8.09. The zero-order valence-corrected chi connectivity index (χ0v) is 19.4. The van der Waals surface area contributed by atoms with E-state index in [0.717, 1.165) is 36.6 Å². The van der Waals surface area contributed by atoms with Gasteiger partial charge in [-0.05, 0) is 44.7 Å². The fourth-order valence-electron chi connectivity index (χ4n) is 5.02. The number of pyridine rings is 1. The smallest absolute Gasteiger partial charge is 0.257 e. The van der Waals surface area contributed by atoms with Crippen LogP contribution in [0.5, 0.6) is 0 Å². The Bertz CT molecular complexity index is 1400. The molecular weight excluding hydrogens is 433 g/mol. The molecule has 1 saturated carbocycles. The summed E-state index contributed by atoms with van der Waals surface area (Å²) in [5, 5.41) is 12.2. The third-order valence-electron chi connectivity index (χ3n) is 6.89. The lowest BCUT2D eigenvalue weighted by Crippen LogP contribution is -2.51. The zero-order valence-electron chi connectivity index (χ0n) is 19.4. The first-order valence-electron chi connectivity index (χ1n) is 11.9. The van der Waals surface area contributed by atoms with Crippen LogP contribution in [0.3, 0.4) is 0 Å². The van der Waals surface area contributed by atoms with Crippen LogP contribution in [0.15, 0.2) is 36.8 Å². The van der Waals surface area contributed by atoms with E-state index in [4.69, 9.17) is 5.10 Å². The Hall–Kier alpha value is -3.46. The highest BCUT2D eigenvalue weighted by Crippen LogP contribution is 2.36. The molecule has 6 rings (SSSR count). The topological polar surface area (TPSA) is 79.5 Å². The number of amides is 1. The van der Waals surface area contributed by atoms with Crippen molar-refractivity contribution in [3.63, 3.8) is 0 Å². The number of hydrogen-bond acceptors (Lipinski definition) is 5. The second-order valence-corrected chi connectivity index (χ2v) is 9.37. The monoisotopic (exact) mass is 461 g/mol. The van der Waals surface area contributed by atoms with Gasteiger partial charge in [0.15, 0.2) is 11.5 Å². The third kappa shape index (κ3) is 3.69. The summed E-state index contributed by atoms with van der Waals surface area (Å²) in [5.41, 5.74) is 3.57. The second-order valence-electron chi connectivity index (χ2n) is 9.37. The molecule has 1 aliphatic heterocycles. The first-order chi connectivity index (χ1) is 16.5. The molecule has 2 aliphatic rings. The highest BCUT2D eigenvalue weighted by Gasteiger charge is 2.34. The van der Waals surface area contributed by atoms with Gasteiger partial charge in [-0.2, -0.15) is 5.10 Å². The first kappa shape index (κ1) is 21.1. The van der Waals surface area contributed by atoms with Crippen LogP contribution in [0.1, 0.15) is 35.8 Å². The molecule has 8 nitrogen and oxygen atoms in total. The molecule has 0 bridgehead atoms. The lowest BCUT2D eigenvalue weighted by molar-refractivity contribution is 0.102. The van der Waals surface area contributed by atoms with Crippen molar-refractivity contribution >= 4 is 33.8 Å². The number of imidazole rings is 1. The lowest BCUT2D eigenvalue weighted by Gasteiger charge is -2.36. The molecular formula is C25H28FN7O. The Morgan fingerprint density at radius 3 is 2.91 bits per heavy atom. The summed E-state index contributed by atoms with van der Waals surface area (Å²) in [5.74, 6) is -0.0195. The highest BCUT2D eigenvalue weighted by atomic mass is 19.1. The molecule has 4 aromatic rings. The Kier molecular flexibility index (Phi) is 5.02. The largest absolute Gasteiger partial charge is 0.368 e. The molecule has 1 saturated heterocycles. The molecule has 0 spiro atoms. The van der Waals surface area contributed by atoms with E-state index in [1.165, 1.54) is 18.9 Å². The summed E-state index contributed by atoms with van der Waals surface area (Å²) >= 11 is 0. The van der Waals surface area contributed by atoms with Gasteiger partial charge in [0.25, 0.3) is 5.91 Å². The Morgan fingerprint density at radius 1 is 1.26 bits per heavy atom. The maximum absolute atomic E-state index is 14.5. The molecule has 0 unspecified atom stereocenters. The molecule has 3 aromatic heterocycles. The van der Waals surface area contributed by atoms with Crippen LogP contribution in [0, 0.1) is 18.7 Å². The minimum Gasteiger partial charge on any atom is -0.368 e. The number of piperazine rings is 1. The number of halogens is 1. The number of hydrogen-bond donors (Lipinski definition) is 2. The predicted molar refractivity (Wildman–Crippen MR) is 130 cm³/mol. The van der Waals surface area contributed by atoms with Crippen LogP contribution in [0.2, 0.25) is 0 Å². The van der Waals surface area contributed by atoms with E-state index in [9.17, 15) is 9.18 Å². The van der Waals surface area contributed by atoms with Gasteiger partial charge in [-0.3, -0.25) is 9.48 Å². The molecule has 4 heterocycles. The van der Waals surface area contributed by atoms with Gasteiger partial charge in [0.2, 0.25) is 0 Å². The van der Waals surface area contributed by atoms with Gasteiger partial charge in [0.05, 0.1) is 16.9 Å². The van der Waals surface area contributed by atoms with Gasteiger partial charge in [0, 0.05) is 68.0 Å². The number of benzene rings is 1. The van der Waals surface area contributed by atoms with E-state index >= 15 is 0 Å². The molecule has 2 N–H and O–H groups in total. The molecule has 9 heteroatoms. The Labute approximate surface area is 196 Å². The van der Waals surface area contributed by atoms with Gasteiger partial charge in [-0.25, -0.2) is 9.37 Å². The normalized spacial score (nSPS) is 18.7. The maximum atomic E-state index is 14.5. The van der Waals surface area contributed by atoms with Crippen molar-refractivity contribution in [2.75, 3.05) is 29.9 Å². The predicted octanol–water partition coefficient (Wildman–Crippen LogP) is 3.59. The Balaban J connectivity index is 1.34. The summed E-state index contributed by atoms with van der Waals surface area (Å²) in [6, 6.07) is 5.68. The summed E-state index contributed by atoms with van der Waals surface area (Å²) in [6.45, 7) is 7.39. The van der Waals surface area contributed by atoms with Crippen LogP contribution in [0.4, 0.5) is 15.8 Å². The highest BCUT2D eigenvalue weighted by molar-refractivity contribution is 6.13. The van der Waals surface area contributed by atoms with Crippen LogP contribution < -0.4 is 15.5 Å². The van der Waals surface area contributed by atoms with Crippen LogP contribution >= 0.6 is 0 Å². The number of carbonyl (C=O) groups excluding carboxylic acids is 1. The summed E-state index contributed by atoms with van der Waals surface area (Å²) in [4.78, 5) is 19.9. The first-order valence-corrected chi connectivity index (χ1v) is 11.9. The van der Waals surface area contributed by atoms with Crippen molar-refractivity contribution in [2.45, 2.75) is 39.3 Å². The number of aryl methyl sites for hydroxylation is 2. The molecule has 176 valence electrons.